The molecule has 0 unspecified atom stereocenters. The zero-order valence-corrected chi connectivity index (χ0v) is 9.16. The Morgan fingerprint density at radius 2 is 1.33 bits per heavy atom. The molecule has 0 amide bonds. The molecule has 0 bridgehead atoms. The molecule has 10 heteroatoms. The normalized spacial score (nSPS) is 9.40. The van der Waals surface area contributed by atoms with E-state index >= 15 is 0 Å². The van der Waals surface area contributed by atoms with Crippen LogP contribution in [0.2, 0.25) is 0 Å². The lowest BCUT2D eigenvalue weighted by Crippen LogP contribution is -1.85. The minimum Gasteiger partial charge on any atom is -0.303 e. The quantitative estimate of drug-likeness (QED) is 0.284. The Hall–Kier alpha value is -0.830. The summed E-state index contributed by atoms with van der Waals surface area (Å²) in [5.74, 6) is 0. The van der Waals surface area contributed by atoms with Crippen LogP contribution in [-0.2, 0) is 15.5 Å². The monoisotopic (exact) mass is 258 g/mol. The molecule has 0 aliphatic heterocycles. The SMILES string of the molecule is N[SH](=O)=O.O=P(O)(O)O.c1ccncc1. The van der Waals surface area contributed by atoms with Crippen LogP contribution in [0, 0.1) is 0 Å². The van der Waals surface area contributed by atoms with Crippen LogP contribution in [0.5, 0.6) is 0 Å². The molecule has 88 valence electrons. The van der Waals surface area contributed by atoms with Gasteiger partial charge in [0.05, 0.1) is 0 Å². The second-order valence-electron chi connectivity index (χ2n) is 1.82. The summed E-state index contributed by atoms with van der Waals surface area (Å²) in [5.41, 5.74) is 0. The van der Waals surface area contributed by atoms with Crippen LogP contribution in [0.3, 0.4) is 0 Å². The van der Waals surface area contributed by atoms with Crippen LogP contribution in [0.15, 0.2) is 30.6 Å². The second-order valence-corrected chi connectivity index (χ2v) is 3.42. The third-order valence-electron chi connectivity index (χ3n) is 0.566. The summed E-state index contributed by atoms with van der Waals surface area (Å²) in [4.78, 5) is 25.3. The van der Waals surface area contributed by atoms with Gasteiger partial charge in [-0.2, -0.15) is 0 Å². The van der Waals surface area contributed by atoms with Gasteiger partial charge in [-0.15, -0.1) is 0 Å². The lowest BCUT2D eigenvalue weighted by molar-refractivity contribution is 0.275. The average molecular weight is 258 g/mol. The Bertz CT molecular complexity index is 307. The molecule has 0 aliphatic carbocycles. The van der Waals surface area contributed by atoms with Crippen molar-refractivity contribution in [1.29, 1.82) is 0 Å². The van der Waals surface area contributed by atoms with E-state index in [1.54, 1.807) is 12.4 Å². The summed E-state index contributed by atoms with van der Waals surface area (Å²) in [6.07, 6.45) is 3.50. The van der Waals surface area contributed by atoms with E-state index in [2.05, 4.69) is 10.1 Å². The summed E-state index contributed by atoms with van der Waals surface area (Å²) in [6, 6.07) is 5.72. The Balaban J connectivity index is 0. The highest BCUT2D eigenvalue weighted by atomic mass is 32.2. The van der Waals surface area contributed by atoms with Gasteiger partial charge in [-0.05, 0) is 12.1 Å². The number of pyridine rings is 1. The molecule has 0 fully saturated rings. The van der Waals surface area contributed by atoms with Crippen LogP contribution in [0.25, 0.3) is 0 Å². The summed E-state index contributed by atoms with van der Waals surface area (Å²) in [5, 5.41) is 4.06. The van der Waals surface area contributed by atoms with Crippen molar-refractivity contribution in [3.05, 3.63) is 30.6 Å². The number of nitrogens with two attached hydrogens (primary N) is 1. The van der Waals surface area contributed by atoms with Crippen molar-refractivity contribution >= 4 is 18.7 Å². The highest BCUT2D eigenvalue weighted by Crippen LogP contribution is 2.25. The smallest absolute Gasteiger partial charge is 0.303 e. The van der Waals surface area contributed by atoms with E-state index in [0.717, 1.165) is 0 Å². The number of aromatic nitrogens is 1. The Morgan fingerprint density at radius 3 is 1.40 bits per heavy atom. The van der Waals surface area contributed by atoms with Crippen molar-refractivity contribution in [3.63, 3.8) is 0 Å². The minimum absolute atomic E-state index is 1.75. The Kier molecular flexibility index (Phi) is 10.7. The second kappa shape index (κ2) is 9.71. The summed E-state index contributed by atoms with van der Waals surface area (Å²) < 4.78 is 26.5. The molecular formula is C5H11N2O6PS. The van der Waals surface area contributed by atoms with E-state index in [0.29, 0.717) is 0 Å². The zero-order valence-electron chi connectivity index (χ0n) is 7.37. The molecule has 0 atom stereocenters. The Labute approximate surface area is 87.7 Å². The van der Waals surface area contributed by atoms with Crippen LogP contribution < -0.4 is 5.14 Å². The van der Waals surface area contributed by atoms with E-state index < -0.39 is 18.7 Å². The van der Waals surface area contributed by atoms with Crippen LogP contribution >= 0.6 is 7.82 Å². The van der Waals surface area contributed by atoms with E-state index in [1.807, 2.05) is 18.2 Å². The van der Waals surface area contributed by atoms with Gasteiger partial charge in [0.1, 0.15) is 0 Å². The average Bonchev–Trinajstić information content (AvgIpc) is 2.03. The first-order valence-electron chi connectivity index (χ1n) is 3.26. The predicted molar refractivity (Wildman–Crippen MR) is 53.0 cm³/mol. The van der Waals surface area contributed by atoms with Gasteiger partial charge in [0.2, 0.25) is 0 Å². The van der Waals surface area contributed by atoms with Crippen molar-refractivity contribution in [1.82, 2.24) is 4.98 Å². The summed E-state index contributed by atoms with van der Waals surface area (Å²) >= 11 is 0. The number of hydrogen-bond donors (Lipinski definition) is 5. The molecule has 0 saturated carbocycles. The van der Waals surface area contributed by atoms with Crippen molar-refractivity contribution in [2.45, 2.75) is 0 Å². The molecule has 0 aliphatic rings. The van der Waals surface area contributed by atoms with E-state index in [9.17, 15) is 0 Å². The van der Waals surface area contributed by atoms with Crippen molar-refractivity contribution in [2.24, 2.45) is 5.14 Å². The Morgan fingerprint density at radius 1 is 1.07 bits per heavy atom. The molecule has 5 N–H and O–H groups in total. The van der Waals surface area contributed by atoms with E-state index in [4.69, 9.17) is 27.7 Å². The zero-order chi connectivity index (χ0) is 12.3. The van der Waals surface area contributed by atoms with Gasteiger partial charge in [-0.25, -0.2) is 18.1 Å². The van der Waals surface area contributed by atoms with E-state index in [1.165, 1.54) is 0 Å². The number of rotatable bonds is 0. The highest BCUT2D eigenvalue weighted by Gasteiger charge is 2.00. The van der Waals surface area contributed by atoms with Gasteiger partial charge >= 0.3 is 7.82 Å². The molecule has 1 aromatic heterocycles. The maximum absolute atomic E-state index is 8.88. The predicted octanol–water partition coefficient (Wildman–Crippen LogP) is -1.38. The molecule has 1 aromatic rings. The number of phosphoric acid groups is 1. The molecule has 0 aromatic carbocycles. The van der Waals surface area contributed by atoms with Gasteiger partial charge < -0.3 is 14.7 Å². The molecule has 1 rings (SSSR count). The van der Waals surface area contributed by atoms with Gasteiger partial charge in [0, 0.05) is 12.4 Å². The fourth-order valence-electron chi connectivity index (χ4n) is 0.313. The van der Waals surface area contributed by atoms with Crippen LogP contribution in [0.1, 0.15) is 0 Å². The van der Waals surface area contributed by atoms with Gasteiger partial charge in [-0.3, -0.25) is 4.98 Å². The first kappa shape index (κ1) is 16.6. The molecule has 0 saturated heterocycles. The molecule has 8 nitrogen and oxygen atoms in total. The lowest BCUT2D eigenvalue weighted by Gasteiger charge is -1.82. The van der Waals surface area contributed by atoms with Gasteiger partial charge in [-0.1, -0.05) is 6.07 Å². The molecule has 0 radical (unpaired) electrons. The highest BCUT2D eigenvalue weighted by molar-refractivity contribution is 7.69. The van der Waals surface area contributed by atoms with Gasteiger partial charge in [0.15, 0.2) is 10.9 Å². The molecule has 15 heavy (non-hydrogen) atoms. The van der Waals surface area contributed by atoms with Gasteiger partial charge in [0.25, 0.3) is 0 Å². The number of nitrogens with zero attached hydrogens (tertiary/aromatic N) is 1. The maximum atomic E-state index is 8.88. The minimum atomic E-state index is -4.64. The van der Waals surface area contributed by atoms with Crippen LogP contribution in [-0.4, -0.2) is 28.1 Å². The first-order valence-corrected chi connectivity index (χ1v) is 6.07. The van der Waals surface area contributed by atoms with E-state index in [-0.39, 0.29) is 0 Å². The fraction of sp³-hybridized carbons (Fsp3) is 0. The number of thiol groups is 1. The maximum Gasteiger partial charge on any atom is 0.466 e. The van der Waals surface area contributed by atoms with Crippen LogP contribution in [0.4, 0.5) is 0 Å². The summed E-state index contributed by atoms with van der Waals surface area (Å²) in [6.45, 7) is 0. The molecule has 0 spiro atoms. The largest absolute Gasteiger partial charge is 0.466 e. The van der Waals surface area contributed by atoms with Crippen molar-refractivity contribution in [3.8, 4) is 0 Å². The third kappa shape index (κ3) is 61.5. The first-order chi connectivity index (χ1) is 6.73. The van der Waals surface area contributed by atoms with Crippen molar-refractivity contribution < 1.29 is 27.7 Å². The lowest BCUT2D eigenvalue weighted by atomic mass is 10.5. The standard InChI is InChI=1S/C5H5N.H3NO2S.H3O4P/c1-2-4-6-5-3-1;1-4(2)3;1-5(2,3)4/h1-5H;4H,(H2,1,2,3);(H3,1,2,3,4). The topological polar surface area (TPSA) is 151 Å². The molecule has 1 heterocycles. The number of hydrogen-bond acceptors (Lipinski definition) is 4. The third-order valence-corrected chi connectivity index (χ3v) is 0.566. The van der Waals surface area contributed by atoms with Crippen molar-refractivity contribution in [2.75, 3.05) is 0 Å². The summed E-state index contributed by atoms with van der Waals surface area (Å²) in [7, 11) is -7.26. The fourth-order valence-corrected chi connectivity index (χ4v) is 0.313. The molecular weight excluding hydrogens is 247 g/mol.